The van der Waals surface area contributed by atoms with E-state index in [9.17, 15) is 9.59 Å². The summed E-state index contributed by atoms with van der Waals surface area (Å²) in [6, 6.07) is 37.5. The lowest BCUT2D eigenvalue weighted by atomic mass is 9.80. The molecule has 228 valence electrons. The van der Waals surface area contributed by atoms with Crippen LogP contribution in [0.25, 0.3) is 0 Å². The van der Waals surface area contributed by atoms with Crippen LogP contribution < -0.4 is 5.69 Å². The number of ether oxygens (including phenoxy) is 3. The Hall–Kier alpha value is -4.99. The lowest BCUT2D eigenvalue weighted by Crippen LogP contribution is -2.45. The zero-order valence-corrected chi connectivity index (χ0v) is 24.3. The topological polar surface area (TPSA) is 79.7 Å². The van der Waals surface area contributed by atoms with Crippen LogP contribution in [0.1, 0.15) is 39.0 Å². The summed E-state index contributed by atoms with van der Waals surface area (Å²) in [5.41, 5.74) is 0.542. The fraction of sp³-hybridized carbons (Fsp3) is 0.194. The van der Waals surface area contributed by atoms with E-state index in [1.165, 1.54) is 24.4 Å². The van der Waals surface area contributed by atoms with Crippen LogP contribution in [-0.4, -0.2) is 40.3 Å². The molecule has 0 N–H and O–H groups in total. The molecule has 2 heterocycles. The maximum Gasteiger partial charge on any atom is 0.350 e. The minimum Gasteiger partial charge on any atom is -0.449 e. The van der Waals surface area contributed by atoms with Crippen molar-refractivity contribution in [1.82, 2.24) is 9.55 Å². The highest BCUT2D eigenvalue weighted by molar-refractivity contribution is 5.89. The molecule has 1 fully saturated rings. The molecule has 5 aromatic rings. The van der Waals surface area contributed by atoms with Gasteiger partial charge in [0.15, 0.2) is 6.10 Å². The summed E-state index contributed by atoms with van der Waals surface area (Å²) in [5.74, 6) is -4.78. The van der Waals surface area contributed by atoms with E-state index in [0.29, 0.717) is 5.69 Å². The van der Waals surface area contributed by atoms with Crippen molar-refractivity contribution in [3.63, 3.8) is 0 Å². The molecule has 3 atom stereocenters. The maximum absolute atomic E-state index is 16.3. The van der Waals surface area contributed by atoms with Crippen molar-refractivity contribution in [2.45, 2.75) is 36.9 Å². The first kappa shape index (κ1) is 30.1. The Morgan fingerprint density at radius 1 is 0.822 bits per heavy atom. The highest BCUT2D eigenvalue weighted by Gasteiger charge is 2.63. The minimum atomic E-state index is -3.83. The van der Waals surface area contributed by atoms with Crippen molar-refractivity contribution < 1.29 is 27.8 Å². The van der Waals surface area contributed by atoms with Crippen molar-refractivity contribution in [2.75, 3.05) is 6.61 Å². The highest BCUT2D eigenvalue weighted by atomic mass is 19.3. The zero-order valence-electron chi connectivity index (χ0n) is 24.3. The van der Waals surface area contributed by atoms with E-state index in [4.69, 9.17) is 14.2 Å². The number of rotatable bonds is 9. The zero-order chi connectivity index (χ0) is 31.4. The number of aromatic nitrogens is 2. The van der Waals surface area contributed by atoms with Crippen molar-refractivity contribution in [1.29, 1.82) is 0 Å². The predicted molar refractivity (Wildman–Crippen MR) is 163 cm³/mol. The second-order valence-corrected chi connectivity index (χ2v) is 10.7. The number of alkyl halides is 2. The number of nitrogens with zero attached hydrogens (tertiary/aromatic N) is 2. The summed E-state index contributed by atoms with van der Waals surface area (Å²) in [6.45, 7) is 1.16. The van der Waals surface area contributed by atoms with Crippen molar-refractivity contribution in [2.24, 2.45) is 0 Å². The van der Waals surface area contributed by atoms with Crippen LogP contribution in [0.4, 0.5) is 8.78 Å². The van der Waals surface area contributed by atoms with Gasteiger partial charge in [-0.15, -0.1) is 0 Å². The Bertz CT molecular complexity index is 1710. The number of halogens is 2. The molecule has 0 unspecified atom stereocenters. The van der Waals surface area contributed by atoms with Crippen molar-refractivity contribution in [3.05, 3.63) is 172 Å². The molecule has 9 heteroatoms. The fourth-order valence-electron chi connectivity index (χ4n) is 5.66. The van der Waals surface area contributed by atoms with Gasteiger partial charge in [-0.2, -0.15) is 13.8 Å². The standard InChI is InChI=1S/C36H30F2N2O5/c1-25-22-23-40(34(42)39-25)33-36(37,38)31(45-32(41)26-14-6-2-7-15-26)30(44-33)24-43-35(27-16-8-3-9-17-27,28-18-10-4-11-19-28)29-20-12-5-13-21-29/h2-23,30-31,33H,24H2,1H3/t30-,31+,33-/m1/s1. The second-order valence-electron chi connectivity index (χ2n) is 10.7. The number of benzene rings is 4. The fourth-order valence-corrected chi connectivity index (χ4v) is 5.66. The van der Waals surface area contributed by atoms with E-state index in [1.807, 2.05) is 91.0 Å². The van der Waals surface area contributed by atoms with Gasteiger partial charge in [-0.25, -0.2) is 9.59 Å². The molecule has 1 aliphatic rings. The molecular formula is C36H30F2N2O5. The van der Waals surface area contributed by atoms with Crippen LogP contribution in [0.2, 0.25) is 0 Å². The molecule has 4 aromatic carbocycles. The first-order valence-corrected chi connectivity index (χ1v) is 14.5. The van der Waals surface area contributed by atoms with Crippen LogP contribution in [0, 0.1) is 6.92 Å². The Kier molecular flexibility index (Phi) is 8.38. The summed E-state index contributed by atoms with van der Waals surface area (Å²) >= 11 is 0. The summed E-state index contributed by atoms with van der Waals surface area (Å²) in [7, 11) is 0. The van der Waals surface area contributed by atoms with E-state index in [-0.39, 0.29) is 5.56 Å². The summed E-state index contributed by atoms with van der Waals surface area (Å²) in [4.78, 5) is 29.7. The average Bonchev–Trinajstić information content (AvgIpc) is 3.31. The Balaban J connectivity index is 1.43. The molecule has 0 aliphatic carbocycles. The molecular weight excluding hydrogens is 578 g/mol. The number of aryl methyl sites for hydroxylation is 1. The molecule has 1 aliphatic heterocycles. The molecule has 6 rings (SSSR count). The van der Waals surface area contributed by atoms with E-state index in [1.54, 1.807) is 25.1 Å². The lowest BCUT2D eigenvalue weighted by molar-refractivity contribution is -0.143. The molecule has 7 nitrogen and oxygen atoms in total. The van der Waals surface area contributed by atoms with Gasteiger partial charge in [-0.1, -0.05) is 109 Å². The molecule has 45 heavy (non-hydrogen) atoms. The molecule has 0 bridgehead atoms. The number of carbonyl (C=O) groups excluding carboxylic acids is 1. The van der Waals surface area contributed by atoms with Gasteiger partial charge in [0.1, 0.15) is 11.7 Å². The van der Waals surface area contributed by atoms with Gasteiger partial charge in [0.2, 0.25) is 6.23 Å². The van der Waals surface area contributed by atoms with E-state index < -0.39 is 48.2 Å². The molecule has 0 saturated carbocycles. The van der Waals surface area contributed by atoms with Crippen LogP contribution in [0.3, 0.4) is 0 Å². The van der Waals surface area contributed by atoms with Gasteiger partial charge in [-0.3, -0.25) is 4.57 Å². The quantitative estimate of drug-likeness (QED) is 0.144. The van der Waals surface area contributed by atoms with Crippen molar-refractivity contribution >= 4 is 5.97 Å². The monoisotopic (exact) mass is 608 g/mol. The molecule has 1 saturated heterocycles. The number of hydrogen-bond donors (Lipinski definition) is 0. The van der Waals surface area contributed by atoms with Gasteiger partial charge in [0.05, 0.1) is 12.2 Å². The Labute approximate surface area is 258 Å². The second kappa shape index (κ2) is 12.6. The van der Waals surface area contributed by atoms with Crippen LogP contribution in [-0.2, 0) is 19.8 Å². The Morgan fingerprint density at radius 3 is 1.80 bits per heavy atom. The maximum atomic E-state index is 16.3. The first-order chi connectivity index (χ1) is 21.8. The summed E-state index contributed by atoms with van der Waals surface area (Å²) in [5, 5.41) is 0. The average molecular weight is 609 g/mol. The minimum absolute atomic E-state index is 0.0952. The number of esters is 1. The lowest BCUT2D eigenvalue weighted by Gasteiger charge is -2.37. The van der Waals surface area contributed by atoms with Gasteiger partial charge >= 0.3 is 17.6 Å². The molecule has 0 spiro atoms. The van der Waals surface area contributed by atoms with Crippen LogP contribution in [0.15, 0.2) is 138 Å². The molecule has 0 radical (unpaired) electrons. The van der Waals surface area contributed by atoms with Gasteiger partial charge in [0, 0.05) is 11.9 Å². The first-order valence-electron chi connectivity index (χ1n) is 14.5. The predicted octanol–water partition coefficient (Wildman–Crippen LogP) is 6.32. The SMILES string of the molecule is Cc1ccn([C@@H]2O[C@H](COC(c3ccccc3)(c3ccccc3)c3ccccc3)[C@H](OC(=O)c3ccccc3)C2(F)F)c(=O)n1. The largest absolute Gasteiger partial charge is 0.449 e. The van der Waals surface area contributed by atoms with Crippen LogP contribution >= 0.6 is 0 Å². The van der Waals surface area contributed by atoms with Gasteiger partial charge < -0.3 is 14.2 Å². The third kappa shape index (κ3) is 5.80. The van der Waals surface area contributed by atoms with E-state index >= 15 is 8.78 Å². The molecule has 1 aromatic heterocycles. The number of hydrogen-bond acceptors (Lipinski definition) is 6. The molecule has 0 amide bonds. The Morgan fingerprint density at radius 2 is 1.31 bits per heavy atom. The van der Waals surface area contributed by atoms with E-state index in [2.05, 4.69) is 4.98 Å². The smallest absolute Gasteiger partial charge is 0.350 e. The highest BCUT2D eigenvalue weighted by Crippen LogP contribution is 2.46. The van der Waals surface area contributed by atoms with Gasteiger partial charge in [-0.05, 0) is 41.8 Å². The number of carbonyl (C=O) groups is 1. The third-order valence-electron chi connectivity index (χ3n) is 7.82. The normalized spacial score (nSPS) is 19.2. The third-order valence-corrected chi connectivity index (χ3v) is 7.82. The van der Waals surface area contributed by atoms with E-state index in [0.717, 1.165) is 21.3 Å². The van der Waals surface area contributed by atoms with Gasteiger partial charge in [0.25, 0.3) is 0 Å². The summed E-state index contributed by atoms with van der Waals surface area (Å²) in [6.07, 6.45) is -4.46. The summed E-state index contributed by atoms with van der Waals surface area (Å²) < 4.78 is 51.5. The van der Waals surface area contributed by atoms with Crippen LogP contribution in [0.5, 0.6) is 0 Å². The van der Waals surface area contributed by atoms with Crippen molar-refractivity contribution in [3.8, 4) is 0 Å².